The molecule has 0 amide bonds. The molecular formula is C17H22N2O2S. The number of thioether (sulfide) groups is 1. The number of para-hydroxylation sites is 1. The van der Waals surface area contributed by atoms with E-state index in [0.717, 1.165) is 35.7 Å². The van der Waals surface area contributed by atoms with Gasteiger partial charge >= 0.3 is 0 Å². The van der Waals surface area contributed by atoms with Crippen LogP contribution in [0.4, 0.5) is 0 Å². The Morgan fingerprint density at radius 3 is 2.77 bits per heavy atom. The number of aromatic nitrogens is 2. The molecule has 4 nitrogen and oxygen atoms in total. The summed E-state index contributed by atoms with van der Waals surface area (Å²) in [5.41, 5.74) is 0.780. The number of hydrogen-bond acceptors (Lipinski definition) is 4. The zero-order chi connectivity index (χ0) is 15.9. The predicted octanol–water partition coefficient (Wildman–Crippen LogP) is 3.66. The van der Waals surface area contributed by atoms with E-state index in [4.69, 9.17) is 0 Å². The Balaban J connectivity index is 2.28. The number of Topliss-reactive ketones (excluding diaryl/α,β-unsaturated/α-hetero) is 1. The molecule has 1 heterocycles. The molecule has 0 aliphatic heterocycles. The van der Waals surface area contributed by atoms with Gasteiger partial charge in [-0.25, -0.2) is 4.98 Å². The Labute approximate surface area is 134 Å². The summed E-state index contributed by atoms with van der Waals surface area (Å²) >= 11 is 1.57. The van der Waals surface area contributed by atoms with E-state index in [0.29, 0.717) is 18.4 Å². The Kier molecular flexibility index (Phi) is 6.19. The molecule has 0 saturated heterocycles. The Morgan fingerprint density at radius 1 is 1.27 bits per heavy atom. The molecule has 0 fully saturated rings. The van der Waals surface area contributed by atoms with Crippen LogP contribution in [-0.4, -0.2) is 21.1 Å². The van der Waals surface area contributed by atoms with Gasteiger partial charge in [0, 0.05) is 18.7 Å². The first-order valence-electron chi connectivity index (χ1n) is 7.75. The molecule has 0 atom stereocenters. The molecule has 2 rings (SSSR count). The van der Waals surface area contributed by atoms with E-state index in [-0.39, 0.29) is 11.3 Å². The van der Waals surface area contributed by atoms with E-state index in [2.05, 4.69) is 11.9 Å². The summed E-state index contributed by atoms with van der Waals surface area (Å²) in [5, 5.41) is 1.44. The molecule has 0 aliphatic carbocycles. The zero-order valence-electron chi connectivity index (χ0n) is 13.2. The number of carbonyl (C=O) groups is 1. The third-order valence-electron chi connectivity index (χ3n) is 3.47. The predicted molar refractivity (Wildman–Crippen MR) is 91.6 cm³/mol. The fraction of sp³-hybridized carbons (Fsp3) is 0.471. The van der Waals surface area contributed by atoms with Gasteiger partial charge in [0.2, 0.25) is 0 Å². The number of rotatable bonds is 8. The number of carbonyl (C=O) groups excluding carboxylic acids is 1. The molecule has 0 radical (unpaired) electrons. The lowest BCUT2D eigenvalue weighted by atomic mass is 10.2. The number of ketones is 1. The minimum atomic E-state index is 0.0353. The number of benzene rings is 1. The summed E-state index contributed by atoms with van der Waals surface area (Å²) in [7, 11) is 0. The van der Waals surface area contributed by atoms with Crippen LogP contribution in [0, 0.1) is 0 Å². The highest BCUT2D eigenvalue weighted by Crippen LogP contribution is 2.19. The molecule has 0 N–H and O–H groups in total. The smallest absolute Gasteiger partial charge is 0.262 e. The average molecular weight is 318 g/mol. The number of fused-ring (bicyclic) bond motifs is 1. The first-order valence-corrected chi connectivity index (χ1v) is 8.74. The van der Waals surface area contributed by atoms with Crippen molar-refractivity contribution in [3.8, 4) is 0 Å². The van der Waals surface area contributed by atoms with Crippen LogP contribution in [-0.2, 0) is 11.3 Å². The maximum atomic E-state index is 12.7. The van der Waals surface area contributed by atoms with Gasteiger partial charge in [0.1, 0.15) is 5.78 Å². The highest BCUT2D eigenvalue weighted by Gasteiger charge is 2.11. The minimum absolute atomic E-state index is 0.0353. The van der Waals surface area contributed by atoms with Gasteiger partial charge in [-0.3, -0.25) is 9.36 Å². The van der Waals surface area contributed by atoms with E-state index >= 15 is 0 Å². The third kappa shape index (κ3) is 4.19. The molecule has 118 valence electrons. The van der Waals surface area contributed by atoms with Crippen molar-refractivity contribution in [2.75, 3.05) is 5.75 Å². The lowest BCUT2D eigenvalue weighted by Crippen LogP contribution is -2.23. The van der Waals surface area contributed by atoms with Crippen molar-refractivity contribution in [3.05, 3.63) is 34.6 Å². The second kappa shape index (κ2) is 8.13. The van der Waals surface area contributed by atoms with Crippen molar-refractivity contribution in [1.82, 2.24) is 9.55 Å². The summed E-state index contributed by atoms with van der Waals surface area (Å²) in [5.74, 6) is 1.01. The third-order valence-corrected chi connectivity index (χ3v) is 4.53. The fourth-order valence-electron chi connectivity index (χ4n) is 2.26. The normalized spacial score (nSPS) is 11.0. The fourth-order valence-corrected chi connectivity index (χ4v) is 3.22. The quantitative estimate of drug-likeness (QED) is 0.423. The van der Waals surface area contributed by atoms with E-state index in [1.54, 1.807) is 23.3 Å². The van der Waals surface area contributed by atoms with Crippen molar-refractivity contribution < 1.29 is 4.79 Å². The van der Waals surface area contributed by atoms with Crippen LogP contribution in [0.25, 0.3) is 10.9 Å². The van der Waals surface area contributed by atoms with Crippen molar-refractivity contribution in [2.45, 2.75) is 51.2 Å². The molecule has 2 aromatic rings. The van der Waals surface area contributed by atoms with Gasteiger partial charge in [-0.05, 0) is 31.9 Å². The van der Waals surface area contributed by atoms with Gasteiger partial charge in [-0.1, -0.05) is 37.2 Å². The Morgan fingerprint density at radius 2 is 2.05 bits per heavy atom. The van der Waals surface area contributed by atoms with Crippen LogP contribution in [0.1, 0.15) is 39.5 Å². The second-order valence-electron chi connectivity index (χ2n) is 5.38. The molecular weight excluding hydrogens is 296 g/mol. The Hall–Kier alpha value is -1.62. The van der Waals surface area contributed by atoms with Gasteiger partial charge in [0.05, 0.1) is 10.9 Å². The lowest BCUT2D eigenvalue weighted by molar-refractivity contribution is -0.117. The zero-order valence-corrected chi connectivity index (χ0v) is 14.0. The van der Waals surface area contributed by atoms with Crippen LogP contribution in [0.15, 0.2) is 34.2 Å². The van der Waals surface area contributed by atoms with Crippen molar-refractivity contribution >= 4 is 28.4 Å². The summed E-state index contributed by atoms with van der Waals surface area (Å²) in [6, 6.07) is 7.47. The summed E-state index contributed by atoms with van der Waals surface area (Å²) in [6.07, 6.45) is 3.39. The van der Waals surface area contributed by atoms with Crippen LogP contribution < -0.4 is 5.56 Å². The van der Waals surface area contributed by atoms with Gasteiger partial charge in [-0.2, -0.15) is 0 Å². The summed E-state index contributed by atoms with van der Waals surface area (Å²) < 4.78 is 1.78. The Bertz CT molecular complexity index is 709. The molecule has 5 heteroatoms. The van der Waals surface area contributed by atoms with Crippen molar-refractivity contribution in [1.29, 1.82) is 0 Å². The van der Waals surface area contributed by atoms with E-state index in [9.17, 15) is 9.59 Å². The molecule has 0 unspecified atom stereocenters. The SMILES string of the molecule is CCCCn1c(SCCCC(C)=O)nc2ccccc2c1=O. The van der Waals surface area contributed by atoms with Crippen molar-refractivity contribution in [2.24, 2.45) is 0 Å². The number of hydrogen-bond donors (Lipinski definition) is 0. The maximum absolute atomic E-state index is 12.7. The van der Waals surface area contributed by atoms with Gasteiger partial charge < -0.3 is 4.79 Å². The van der Waals surface area contributed by atoms with Crippen LogP contribution in [0.3, 0.4) is 0 Å². The van der Waals surface area contributed by atoms with E-state index in [1.165, 1.54) is 0 Å². The number of unbranched alkanes of at least 4 members (excludes halogenated alkanes) is 1. The van der Waals surface area contributed by atoms with Gasteiger partial charge in [0.15, 0.2) is 5.16 Å². The largest absolute Gasteiger partial charge is 0.300 e. The van der Waals surface area contributed by atoms with Crippen LogP contribution in [0.2, 0.25) is 0 Å². The maximum Gasteiger partial charge on any atom is 0.262 e. The van der Waals surface area contributed by atoms with Crippen LogP contribution in [0.5, 0.6) is 0 Å². The molecule has 0 bridgehead atoms. The van der Waals surface area contributed by atoms with E-state index < -0.39 is 0 Å². The van der Waals surface area contributed by atoms with Crippen molar-refractivity contribution in [3.63, 3.8) is 0 Å². The first-order chi connectivity index (χ1) is 10.6. The second-order valence-corrected chi connectivity index (χ2v) is 6.44. The molecule has 1 aromatic heterocycles. The average Bonchev–Trinajstić information content (AvgIpc) is 2.51. The van der Waals surface area contributed by atoms with E-state index in [1.807, 2.05) is 24.3 Å². The highest BCUT2D eigenvalue weighted by atomic mass is 32.2. The van der Waals surface area contributed by atoms with Gasteiger partial charge in [0.25, 0.3) is 5.56 Å². The molecule has 1 aromatic carbocycles. The first kappa shape index (κ1) is 16.7. The monoisotopic (exact) mass is 318 g/mol. The summed E-state index contributed by atoms with van der Waals surface area (Å²) in [6.45, 7) is 4.41. The molecule has 22 heavy (non-hydrogen) atoms. The molecule has 0 spiro atoms. The number of nitrogens with zero attached hydrogens (tertiary/aromatic N) is 2. The van der Waals surface area contributed by atoms with Gasteiger partial charge in [-0.15, -0.1) is 0 Å². The minimum Gasteiger partial charge on any atom is -0.300 e. The molecule has 0 aliphatic rings. The molecule has 0 saturated carbocycles. The summed E-state index contributed by atoms with van der Waals surface area (Å²) in [4.78, 5) is 28.3. The highest BCUT2D eigenvalue weighted by molar-refractivity contribution is 7.99. The topological polar surface area (TPSA) is 52.0 Å². The van der Waals surface area contributed by atoms with Crippen LogP contribution >= 0.6 is 11.8 Å². The lowest BCUT2D eigenvalue weighted by Gasteiger charge is -2.12. The standard InChI is InChI=1S/C17H22N2O2S/c1-3-4-11-19-16(21)14-9-5-6-10-15(14)18-17(19)22-12-7-8-13(2)20/h5-6,9-10H,3-4,7-8,11-12H2,1-2H3.